The van der Waals surface area contributed by atoms with Crippen molar-refractivity contribution in [3.05, 3.63) is 22.7 Å². The van der Waals surface area contributed by atoms with Gasteiger partial charge in [-0.05, 0) is 41.9 Å². The predicted molar refractivity (Wildman–Crippen MR) is 83.8 cm³/mol. The molecule has 21 heavy (non-hydrogen) atoms. The van der Waals surface area contributed by atoms with Crippen LogP contribution in [0.25, 0.3) is 0 Å². The van der Waals surface area contributed by atoms with E-state index in [0.717, 1.165) is 4.47 Å². The molecule has 1 unspecified atom stereocenters. The first kappa shape index (κ1) is 17.3. The number of ether oxygens (including phenoxy) is 1. The van der Waals surface area contributed by atoms with Crippen LogP contribution in [0, 0.1) is 0 Å². The fraction of sp³-hybridized carbons (Fsp3) is 0.429. The second-order valence-electron chi connectivity index (χ2n) is 4.51. The van der Waals surface area contributed by atoms with Crippen molar-refractivity contribution in [2.75, 3.05) is 19.0 Å². The van der Waals surface area contributed by atoms with Crippen molar-refractivity contribution in [2.24, 2.45) is 0 Å². The molecular weight excluding hydrogens is 340 g/mol. The smallest absolute Gasteiger partial charge is 0.322 e. The molecule has 2 amide bonds. The molecule has 0 fully saturated rings. The molecule has 0 bridgehead atoms. The number of nitrogens with one attached hydrogen (secondary N) is 1. The summed E-state index contributed by atoms with van der Waals surface area (Å²) in [5, 5.41) is 11.6. The Balaban J connectivity index is 2.85. The maximum Gasteiger partial charge on any atom is 0.322 e. The number of carbonyl (C=O) groups excluding carboxylic acids is 1. The van der Waals surface area contributed by atoms with E-state index in [1.54, 1.807) is 39.2 Å². The molecule has 1 aromatic rings. The maximum atomic E-state index is 12.3. The van der Waals surface area contributed by atoms with Gasteiger partial charge >= 0.3 is 12.0 Å². The Kier molecular flexibility index (Phi) is 6.48. The molecule has 0 saturated carbocycles. The predicted octanol–water partition coefficient (Wildman–Crippen LogP) is 3.17. The van der Waals surface area contributed by atoms with Crippen LogP contribution < -0.4 is 10.1 Å². The lowest BCUT2D eigenvalue weighted by Gasteiger charge is -2.27. The summed E-state index contributed by atoms with van der Waals surface area (Å²) in [5.74, 6) is -0.313. The molecule has 0 aliphatic carbocycles. The van der Waals surface area contributed by atoms with E-state index in [4.69, 9.17) is 9.84 Å². The first-order chi connectivity index (χ1) is 9.88. The van der Waals surface area contributed by atoms with Crippen molar-refractivity contribution in [1.29, 1.82) is 0 Å². The van der Waals surface area contributed by atoms with Crippen molar-refractivity contribution in [1.82, 2.24) is 4.90 Å². The Bertz CT molecular complexity index is 522. The minimum Gasteiger partial charge on any atom is -0.497 e. The third-order valence-corrected chi connectivity index (χ3v) is 3.71. The molecule has 116 valence electrons. The van der Waals surface area contributed by atoms with Crippen molar-refractivity contribution < 1.29 is 19.4 Å². The topological polar surface area (TPSA) is 78.9 Å². The van der Waals surface area contributed by atoms with Gasteiger partial charge in [0, 0.05) is 23.1 Å². The zero-order valence-corrected chi connectivity index (χ0v) is 13.8. The Labute approximate surface area is 132 Å². The van der Waals surface area contributed by atoms with Crippen molar-refractivity contribution in [3.8, 4) is 5.75 Å². The van der Waals surface area contributed by atoms with Gasteiger partial charge in [-0.3, -0.25) is 4.79 Å². The molecule has 2 N–H and O–H groups in total. The van der Waals surface area contributed by atoms with E-state index in [0.29, 0.717) is 18.0 Å². The monoisotopic (exact) mass is 358 g/mol. The van der Waals surface area contributed by atoms with E-state index in [1.807, 2.05) is 0 Å². The Morgan fingerprint density at radius 2 is 2.14 bits per heavy atom. The van der Waals surface area contributed by atoms with E-state index >= 15 is 0 Å². The van der Waals surface area contributed by atoms with Crippen LogP contribution in [0.3, 0.4) is 0 Å². The third kappa shape index (κ3) is 4.93. The van der Waals surface area contributed by atoms with Crippen LogP contribution in [-0.4, -0.2) is 41.7 Å². The zero-order valence-electron chi connectivity index (χ0n) is 12.2. The number of nitrogens with zero attached hydrogens (tertiary/aromatic N) is 1. The zero-order chi connectivity index (χ0) is 16.0. The van der Waals surface area contributed by atoms with Crippen molar-refractivity contribution >= 4 is 33.6 Å². The van der Waals surface area contributed by atoms with Gasteiger partial charge in [-0.15, -0.1) is 0 Å². The lowest BCUT2D eigenvalue weighted by molar-refractivity contribution is -0.137. The number of carboxylic acids is 1. The first-order valence-corrected chi connectivity index (χ1v) is 7.31. The van der Waals surface area contributed by atoms with E-state index in [1.165, 1.54) is 4.90 Å². The third-order valence-electron chi connectivity index (χ3n) is 3.02. The molecule has 7 heteroatoms. The molecule has 0 radical (unpaired) electrons. The van der Waals surface area contributed by atoms with Crippen LogP contribution in [0.15, 0.2) is 22.7 Å². The number of carboxylic acid groups (broad SMARTS) is 1. The summed E-state index contributed by atoms with van der Waals surface area (Å²) in [7, 11) is 1.54. The summed E-state index contributed by atoms with van der Waals surface area (Å²) in [4.78, 5) is 24.5. The van der Waals surface area contributed by atoms with Gasteiger partial charge in [-0.1, -0.05) is 0 Å². The van der Waals surface area contributed by atoms with Crippen molar-refractivity contribution in [2.45, 2.75) is 26.3 Å². The van der Waals surface area contributed by atoms with Crippen LogP contribution >= 0.6 is 15.9 Å². The summed E-state index contributed by atoms with van der Waals surface area (Å²) in [6, 6.07) is 4.49. The molecule has 1 atom stereocenters. The number of methoxy groups -OCH3 is 1. The number of benzene rings is 1. The van der Waals surface area contributed by atoms with Gasteiger partial charge in [0.2, 0.25) is 0 Å². The molecule has 0 aliphatic rings. The van der Waals surface area contributed by atoms with E-state index in [9.17, 15) is 9.59 Å². The minimum absolute atomic E-state index is 0.0967. The van der Waals surface area contributed by atoms with Crippen LogP contribution in [-0.2, 0) is 4.79 Å². The molecule has 6 nitrogen and oxygen atoms in total. The average molecular weight is 359 g/mol. The van der Waals surface area contributed by atoms with Crippen molar-refractivity contribution in [3.63, 3.8) is 0 Å². The molecule has 0 aromatic heterocycles. The first-order valence-electron chi connectivity index (χ1n) is 6.52. The molecule has 1 aromatic carbocycles. The second kappa shape index (κ2) is 7.87. The van der Waals surface area contributed by atoms with Crippen LogP contribution in [0.5, 0.6) is 5.75 Å². The molecular formula is C14H19BrN2O4. The summed E-state index contributed by atoms with van der Waals surface area (Å²) < 4.78 is 5.84. The molecule has 1 rings (SSSR count). The quantitative estimate of drug-likeness (QED) is 0.818. The molecule has 0 spiro atoms. The van der Waals surface area contributed by atoms with Gasteiger partial charge in [-0.25, -0.2) is 4.79 Å². The number of anilines is 1. The molecule has 0 saturated heterocycles. The summed E-state index contributed by atoms with van der Waals surface area (Å²) in [6.07, 6.45) is -0.0967. The molecule has 0 aliphatic heterocycles. The van der Waals surface area contributed by atoms with E-state index < -0.39 is 12.0 Å². The standard InChI is InChI=1S/C14H19BrN2O4/c1-4-17(9(2)7-13(18)19)14(20)16-12-8-10(21-3)5-6-11(12)15/h5-6,8-9H,4,7H2,1-3H3,(H,16,20)(H,18,19). The number of aliphatic carboxylic acids is 1. The number of hydrogen-bond acceptors (Lipinski definition) is 3. The Morgan fingerprint density at radius 1 is 1.48 bits per heavy atom. The average Bonchev–Trinajstić information content (AvgIpc) is 2.41. The Hall–Kier alpha value is -1.76. The van der Waals surface area contributed by atoms with Gasteiger partial charge in [0.05, 0.1) is 19.2 Å². The van der Waals surface area contributed by atoms with Gasteiger partial charge < -0.3 is 20.1 Å². The minimum atomic E-state index is -0.934. The van der Waals surface area contributed by atoms with Gasteiger partial charge in [0.15, 0.2) is 0 Å². The summed E-state index contributed by atoms with van der Waals surface area (Å²) in [5.41, 5.74) is 0.570. The number of carbonyl (C=O) groups is 2. The number of halogens is 1. The van der Waals surface area contributed by atoms with Gasteiger partial charge in [0.1, 0.15) is 5.75 Å². The summed E-state index contributed by atoms with van der Waals surface area (Å²) in [6.45, 7) is 3.93. The normalized spacial score (nSPS) is 11.6. The largest absolute Gasteiger partial charge is 0.497 e. The second-order valence-corrected chi connectivity index (χ2v) is 5.36. The molecule has 0 heterocycles. The highest BCUT2D eigenvalue weighted by Gasteiger charge is 2.21. The maximum absolute atomic E-state index is 12.3. The van der Waals surface area contributed by atoms with E-state index in [2.05, 4.69) is 21.2 Å². The number of urea groups is 1. The highest BCUT2D eigenvalue weighted by molar-refractivity contribution is 9.10. The summed E-state index contributed by atoms with van der Waals surface area (Å²) >= 11 is 3.35. The van der Waals surface area contributed by atoms with Crippen LogP contribution in [0.2, 0.25) is 0 Å². The number of rotatable bonds is 6. The Morgan fingerprint density at radius 3 is 2.67 bits per heavy atom. The lowest BCUT2D eigenvalue weighted by Crippen LogP contribution is -2.42. The SMILES string of the molecule is CCN(C(=O)Nc1cc(OC)ccc1Br)C(C)CC(=O)O. The highest BCUT2D eigenvalue weighted by Crippen LogP contribution is 2.27. The van der Waals surface area contributed by atoms with Gasteiger partial charge in [-0.2, -0.15) is 0 Å². The van der Waals surface area contributed by atoms with Gasteiger partial charge in [0.25, 0.3) is 0 Å². The number of hydrogen-bond donors (Lipinski definition) is 2. The highest BCUT2D eigenvalue weighted by atomic mass is 79.9. The van der Waals surface area contributed by atoms with Crippen LogP contribution in [0.1, 0.15) is 20.3 Å². The van der Waals surface area contributed by atoms with Crippen LogP contribution in [0.4, 0.5) is 10.5 Å². The number of amides is 2. The lowest BCUT2D eigenvalue weighted by atomic mass is 10.2. The van der Waals surface area contributed by atoms with E-state index in [-0.39, 0.29) is 12.5 Å². The fourth-order valence-corrected chi connectivity index (χ4v) is 2.28. The fourth-order valence-electron chi connectivity index (χ4n) is 1.93.